The highest BCUT2D eigenvalue weighted by atomic mass is 16.5. The number of benzene rings is 7. The van der Waals surface area contributed by atoms with Crippen molar-refractivity contribution in [2.45, 2.75) is 111 Å². The van der Waals surface area contributed by atoms with Gasteiger partial charge in [-0.05, 0) is 159 Å². The van der Waals surface area contributed by atoms with E-state index < -0.39 is 6.85 Å². The molecule has 0 unspecified atom stereocenters. The van der Waals surface area contributed by atoms with Crippen LogP contribution in [0.2, 0.25) is 0 Å². The highest BCUT2D eigenvalue weighted by Crippen LogP contribution is 2.42. The van der Waals surface area contributed by atoms with Gasteiger partial charge in [0, 0.05) is 39.4 Å². The summed E-state index contributed by atoms with van der Waals surface area (Å²) in [6.07, 6.45) is 4.38. The second kappa shape index (κ2) is 18.9. The molecule has 2 aromatic heterocycles. The first-order valence-electron chi connectivity index (χ1n) is 26.9. The van der Waals surface area contributed by atoms with Gasteiger partial charge in [0.2, 0.25) is 0 Å². The maximum Gasteiger partial charge on any atom is 0.137 e. The molecule has 7 aromatic carbocycles. The van der Waals surface area contributed by atoms with Gasteiger partial charge in [-0.1, -0.05) is 159 Å². The third-order valence-corrected chi connectivity index (χ3v) is 14.4. The predicted octanol–water partition coefficient (Wildman–Crippen LogP) is 17.2. The number of unbranched alkanes of at least 4 members (excludes halogenated alkanes) is 1. The van der Waals surface area contributed by atoms with Crippen molar-refractivity contribution in [2.75, 3.05) is 23.0 Å². The van der Waals surface area contributed by atoms with Crippen LogP contribution in [0.25, 0.3) is 49.9 Å². The number of fused-ring (bicyclic) bond motifs is 4. The lowest BCUT2D eigenvalue weighted by atomic mass is 9.78. The Kier molecular flexibility index (Phi) is 11.7. The zero-order valence-electron chi connectivity index (χ0n) is 46.1. The normalized spacial score (nSPS) is 13.9. The van der Waals surface area contributed by atoms with Gasteiger partial charge in [-0.25, -0.2) is 4.98 Å². The van der Waals surface area contributed by atoms with Crippen molar-refractivity contribution in [1.29, 1.82) is 0 Å². The van der Waals surface area contributed by atoms with E-state index in [9.17, 15) is 0 Å². The number of aromatic nitrogens is 2. The molecule has 10 rings (SSSR count). The molecule has 0 radical (unpaired) electrons. The maximum atomic E-state index is 8.59. The van der Waals surface area contributed by atoms with Gasteiger partial charge in [0.05, 0.1) is 29.1 Å². The minimum atomic E-state index is -2.21. The van der Waals surface area contributed by atoms with Gasteiger partial charge in [0.25, 0.3) is 0 Å². The molecule has 0 saturated carbocycles. The SMILES string of the molecule is [2H]C([2H])([2H])c1cccc(-c2cc(C(C)(C)C)cc(C(C)(C)C)c2)c1CCCCN1CN(c2cccc(COc3ccc4c5cc(-c6ccccc6)ccc5n(-c5cc(C(C)(C)C)ccn5)c4c3)c2)c2ccccc21. The average Bonchev–Trinajstić information content (AvgIpc) is 3.91. The van der Waals surface area contributed by atoms with Gasteiger partial charge < -0.3 is 14.5 Å². The molecule has 5 heteroatoms. The molecule has 0 amide bonds. The van der Waals surface area contributed by atoms with E-state index in [1.165, 1.54) is 44.6 Å². The third-order valence-electron chi connectivity index (χ3n) is 14.4. The summed E-state index contributed by atoms with van der Waals surface area (Å²) >= 11 is 0. The summed E-state index contributed by atoms with van der Waals surface area (Å²) < 4.78 is 34.7. The van der Waals surface area contributed by atoms with Gasteiger partial charge >= 0.3 is 0 Å². The monoisotopic (exact) mass is 938 g/mol. The fraction of sp³-hybridized carbons (Fsp3) is 0.288. The number of hydrogen-bond donors (Lipinski definition) is 0. The molecule has 0 aliphatic carbocycles. The fourth-order valence-electron chi connectivity index (χ4n) is 10.2. The molecule has 0 saturated heterocycles. The van der Waals surface area contributed by atoms with E-state index in [0.717, 1.165) is 75.3 Å². The van der Waals surface area contributed by atoms with E-state index in [-0.39, 0.29) is 16.2 Å². The summed E-state index contributed by atoms with van der Waals surface area (Å²) in [4.78, 5) is 9.79. The topological polar surface area (TPSA) is 33.5 Å². The van der Waals surface area contributed by atoms with E-state index in [0.29, 0.717) is 25.3 Å². The molecule has 71 heavy (non-hydrogen) atoms. The van der Waals surface area contributed by atoms with Crippen LogP contribution >= 0.6 is 0 Å². The summed E-state index contributed by atoms with van der Waals surface area (Å²) in [5, 5.41) is 2.32. The minimum absolute atomic E-state index is 0.0325. The smallest absolute Gasteiger partial charge is 0.137 e. The minimum Gasteiger partial charge on any atom is -0.489 e. The average molecular weight is 938 g/mol. The molecule has 0 N–H and O–H groups in total. The van der Waals surface area contributed by atoms with Crippen LogP contribution in [-0.4, -0.2) is 22.8 Å². The molecule has 0 bridgehead atoms. The summed E-state index contributed by atoms with van der Waals surface area (Å²) in [5.74, 6) is 1.68. The first kappa shape index (κ1) is 43.9. The molecule has 360 valence electrons. The lowest BCUT2D eigenvalue weighted by Crippen LogP contribution is -2.28. The molecular formula is C66H70N4O. The molecule has 0 atom stereocenters. The summed E-state index contributed by atoms with van der Waals surface area (Å²) in [6, 6.07) is 58.1. The van der Waals surface area contributed by atoms with Crippen molar-refractivity contribution >= 4 is 38.9 Å². The van der Waals surface area contributed by atoms with Crippen LogP contribution in [0.5, 0.6) is 5.75 Å². The van der Waals surface area contributed by atoms with Crippen molar-refractivity contribution < 1.29 is 8.85 Å². The van der Waals surface area contributed by atoms with E-state index in [1.54, 1.807) is 0 Å². The Morgan fingerprint density at radius 2 is 1.30 bits per heavy atom. The van der Waals surface area contributed by atoms with Gasteiger partial charge in [-0.15, -0.1) is 0 Å². The molecule has 3 heterocycles. The predicted molar refractivity (Wildman–Crippen MR) is 301 cm³/mol. The summed E-state index contributed by atoms with van der Waals surface area (Å²) in [5.41, 5.74) is 16.2. The zero-order chi connectivity index (χ0) is 52.2. The van der Waals surface area contributed by atoms with Crippen molar-refractivity contribution in [1.82, 2.24) is 9.55 Å². The molecular weight excluding hydrogens is 865 g/mol. The number of rotatable bonds is 12. The van der Waals surface area contributed by atoms with Crippen LogP contribution in [0.15, 0.2) is 170 Å². The van der Waals surface area contributed by atoms with Gasteiger partial charge in [-0.2, -0.15) is 0 Å². The number of ether oxygens (including phenoxy) is 1. The Morgan fingerprint density at radius 3 is 2.04 bits per heavy atom. The molecule has 5 nitrogen and oxygen atoms in total. The fourth-order valence-corrected chi connectivity index (χ4v) is 10.2. The van der Waals surface area contributed by atoms with Gasteiger partial charge in [-0.3, -0.25) is 4.57 Å². The Balaban J connectivity index is 0.876. The standard InChI is InChI=1S/C66H70N4O/c1-45-20-18-26-56(49-37-51(65(5,6)7)40-52(38-49)66(8,9)10)55(45)25-16-17-35-68-44-69(61-28-15-14-27-60(61)68)53-24-19-21-46(36-53)43-71-54-30-31-57-58-39-48(47-22-12-11-13-23-47)29-32-59(58)70(62(57)42-54)63-41-50(33-34-67-63)64(2,3)4/h11-15,18-24,26-34,36-42H,16-17,25,35,43-44H2,1-10H3/i1D3. The van der Waals surface area contributed by atoms with Crippen molar-refractivity contribution in [3.63, 3.8) is 0 Å². The van der Waals surface area contributed by atoms with Crippen LogP contribution in [0.1, 0.15) is 113 Å². The molecule has 9 aromatic rings. The zero-order valence-corrected chi connectivity index (χ0v) is 43.1. The van der Waals surface area contributed by atoms with E-state index in [1.807, 2.05) is 18.3 Å². The van der Waals surface area contributed by atoms with Crippen molar-refractivity contribution in [3.05, 3.63) is 203 Å². The number of anilines is 3. The first-order valence-corrected chi connectivity index (χ1v) is 25.4. The number of hydrogen-bond acceptors (Lipinski definition) is 4. The molecule has 0 fully saturated rings. The highest BCUT2D eigenvalue weighted by molar-refractivity contribution is 6.10. The summed E-state index contributed by atoms with van der Waals surface area (Å²) in [7, 11) is 0. The van der Waals surface area contributed by atoms with Crippen molar-refractivity contribution in [3.8, 4) is 33.8 Å². The quantitative estimate of drug-likeness (QED) is 0.114. The van der Waals surface area contributed by atoms with Crippen LogP contribution in [0, 0.1) is 6.85 Å². The Hall–Kier alpha value is -7.11. The van der Waals surface area contributed by atoms with Crippen molar-refractivity contribution in [2.24, 2.45) is 0 Å². The molecule has 1 aliphatic rings. The number of para-hydroxylation sites is 2. The second-order valence-electron chi connectivity index (χ2n) is 22.6. The lowest BCUT2D eigenvalue weighted by Gasteiger charge is -2.27. The lowest BCUT2D eigenvalue weighted by molar-refractivity contribution is 0.306. The largest absolute Gasteiger partial charge is 0.489 e. The Labute approximate surface area is 427 Å². The Morgan fingerprint density at radius 1 is 0.563 bits per heavy atom. The maximum absolute atomic E-state index is 8.59. The molecule has 1 aliphatic heterocycles. The van der Waals surface area contributed by atoms with Gasteiger partial charge in [0.15, 0.2) is 0 Å². The van der Waals surface area contributed by atoms with Crippen LogP contribution < -0.4 is 14.5 Å². The number of nitrogens with zero attached hydrogens (tertiary/aromatic N) is 4. The Bertz CT molecular complexity index is 3470. The number of pyridine rings is 1. The van der Waals surface area contributed by atoms with Crippen LogP contribution in [-0.2, 0) is 29.3 Å². The van der Waals surface area contributed by atoms with E-state index in [2.05, 4.69) is 228 Å². The van der Waals surface area contributed by atoms with Gasteiger partial charge in [0.1, 0.15) is 18.2 Å². The van der Waals surface area contributed by atoms with E-state index >= 15 is 0 Å². The third kappa shape index (κ3) is 9.85. The molecule has 0 spiro atoms. The van der Waals surface area contributed by atoms with E-state index in [4.69, 9.17) is 13.8 Å². The van der Waals surface area contributed by atoms with Crippen LogP contribution in [0.4, 0.5) is 17.1 Å². The number of aryl methyl sites for hydroxylation is 1. The highest BCUT2D eigenvalue weighted by Gasteiger charge is 2.27. The first-order chi connectivity index (χ1) is 35.2. The second-order valence-corrected chi connectivity index (χ2v) is 22.6. The summed E-state index contributed by atoms with van der Waals surface area (Å²) in [6.45, 7) is 20.0. The van der Waals surface area contributed by atoms with Crippen LogP contribution in [0.3, 0.4) is 0 Å².